The van der Waals surface area contributed by atoms with Gasteiger partial charge in [-0.15, -0.1) is 0 Å². The molecule has 5 nitrogen and oxygen atoms in total. The molecule has 0 atom stereocenters. The topological polar surface area (TPSA) is 47.6 Å². The minimum absolute atomic E-state index is 0.294. The molecule has 6 rings (SSSR count). The zero-order chi connectivity index (χ0) is 23.2. The molecule has 5 aromatic rings. The van der Waals surface area contributed by atoms with E-state index in [2.05, 4.69) is 65.8 Å². The number of fused-ring (bicyclic) bond motifs is 6. The summed E-state index contributed by atoms with van der Waals surface area (Å²) in [6.45, 7) is 6.36. The van der Waals surface area contributed by atoms with Crippen LogP contribution in [0.25, 0.3) is 32.8 Å². The van der Waals surface area contributed by atoms with Crippen LogP contribution >= 0.6 is 0 Å². The van der Waals surface area contributed by atoms with Gasteiger partial charge < -0.3 is 18.6 Å². The first-order valence-corrected chi connectivity index (χ1v) is 12.1. The molecule has 3 aromatic carbocycles. The van der Waals surface area contributed by atoms with Gasteiger partial charge in [0.05, 0.1) is 12.1 Å². The Morgan fingerprint density at radius 3 is 2.62 bits per heavy atom. The Morgan fingerprint density at radius 2 is 1.76 bits per heavy atom. The van der Waals surface area contributed by atoms with Crippen LogP contribution in [-0.4, -0.2) is 11.3 Å². The monoisotopic (exact) mass is 452 g/mol. The molecule has 3 heterocycles. The van der Waals surface area contributed by atoms with Gasteiger partial charge in [-0.05, 0) is 61.7 Å². The van der Waals surface area contributed by atoms with Crippen molar-refractivity contribution in [3.63, 3.8) is 0 Å². The summed E-state index contributed by atoms with van der Waals surface area (Å²) < 4.78 is 14.2. The van der Waals surface area contributed by atoms with Crippen molar-refractivity contribution in [3.05, 3.63) is 82.2 Å². The first-order chi connectivity index (χ1) is 16.7. The predicted octanol–water partition coefficient (Wildman–Crippen LogP) is 6.62. The first-order valence-electron chi connectivity index (χ1n) is 12.1. The second kappa shape index (κ2) is 8.24. The van der Waals surface area contributed by atoms with Crippen LogP contribution in [0.4, 0.5) is 5.69 Å². The van der Waals surface area contributed by atoms with E-state index in [1.807, 2.05) is 12.1 Å². The molecule has 34 heavy (non-hydrogen) atoms. The number of unbranched alkanes of at least 4 members (excludes halogenated alkanes) is 1. The predicted molar refractivity (Wildman–Crippen MR) is 138 cm³/mol. The summed E-state index contributed by atoms with van der Waals surface area (Å²) in [6, 6.07) is 20.9. The molecule has 0 amide bonds. The molecular formula is C29H28N2O3. The molecule has 1 aliphatic rings. The zero-order valence-electron chi connectivity index (χ0n) is 19.6. The van der Waals surface area contributed by atoms with Gasteiger partial charge in [0, 0.05) is 45.5 Å². The molecule has 2 aromatic heterocycles. The maximum Gasteiger partial charge on any atom is 0.336 e. The van der Waals surface area contributed by atoms with Crippen LogP contribution in [0.2, 0.25) is 0 Å². The fraction of sp³-hybridized carbons (Fsp3) is 0.276. The van der Waals surface area contributed by atoms with Crippen molar-refractivity contribution < 1.29 is 9.15 Å². The summed E-state index contributed by atoms with van der Waals surface area (Å²) >= 11 is 0. The Bertz CT molecular complexity index is 1590. The van der Waals surface area contributed by atoms with Crippen molar-refractivity contribution in [2.75, 3.05) is 11.6 Å². The van der Waals surface area contributed by atoms with Gasteiger partial charge in [0.2, 0.25) is 0 Å². The summed E-state index contributed by atoms with van der Waals surface area (Å²) in [4.78, 5) is 14.6. The summed E-state index contributed by atoms with van der Waals surface area (Å²) in [5.74, 6) is 0.795. The lowest BCUT2D eigenvalue weighted by molar-refractivity contribution is 0.289. The van der Waals surface area contributed by atoms with E-state index in [-0.39, 0.29) is 5.63 Å². The van der Waals surface area contributed by atoms with Crippen LogP contribution in [0.1, 0.15) is 37.8 Å². The average molecular weight is 453 g/mol. The second-order valence-electron chi connectivity index (χ2n) is 9.05. The van der Waals surface area contributed by atoms with E-state index < -0.39 is 0 Å². The van der Waals surface area contributed by atoms with Crippen LogP contribution in [0, 0.1) is 0 Å². The van der Waals surface area contributed by atoms with Crippen LogP contribution in [0.5, 0.6) is 5.75 Å². The number of aromatic nitrogens is 1. The highest BCUT2D eigenvalue weighted by molar-refractivity contribution is 6.09. The SMILES string of the molecule is CCCCc1cc(=O)oc2c3c(ccc12)OCN(c1ccc2c(c1)c1ccccc1n2CC)C3. The Labute approximate surface area is 198 Å². The lowest BCUT2D eigenvalue weighted by Gasteiger charge is -2.31. The normalized spacial score (nSPS) is 13.5. The van der Waals surface area contributed by atoms with Gasteiger partial charge in [-0.2, -0.15) is 0 Å². The fourth-order valence-electron chi connectivity index (χ4n) is 5.32. The molecule has 0 saturated carbocycles. The minimum atomic E-state index is -0.294. The third kappa shape index (κ3) is 3.26. The Morgan fingerprint density at radius 1 is 0.912 bits per heavy atom. The highest BCUT2D eigenvalue weighted by Gasteiger charge is 2.23. The highest BCUT2D eigenvalue weighted by Crippen LogP contribution is 2.37. The maximum atomic E-state index is 12.4. The fourth-order valence-corrected chi connectivity index (χ4v) is 5.32. The minimum Gasteiger partial charge on any atom is -0.473 e. The lowest BCUT2D eigenvalue weighted by atomic mass is 10.0. The number of rotatable bonds is 5. The van der Waals surface area contributed by atoms with Gasteiger partial charge in [0.15, 0.2) is 6.73 Å². The second-order valence-corrected chi connectivity index (χ2v) is 9.05. The third-order valence-electron chi connectivity index (χ3n) is 7.02. The molecule has 0 saturated heterocycles. The quantitative estimate of drug-likeness (QED) is 0.281. The van der Waals surface area contributed by atoms with Gasteiger partial charge in [-0.25, -0.2) is 4.79 Å². The van der Waals surface area contributed by atoms with E-state index in [1.165, 1.54) is 21.8 Å². The number of nitrogens with zero attached hydrogens (tertiary/aromatic N) is 2. The Kier molecular flexibility index (Phi) is 5.05. The van der Waals surface area contributed by atoms with E-state index in [0.717, 1.165) is 53.8 Å². The summed E-state index contributed by atoms with van der Waals surface area (Å²) in [7, 11) is 0. The molecule has 0 spiro atoms. The van der Waals surface area contributed by atoms with E-state index >= 15 is 0 Å². The molecule has 1 aliphatic heterocycles. The number of aryl methyl sites for hydroxylation is 2. The maximum absolute atomic E-state index is 12.4. The number of hydrogen-bond donors (Lipinski definition) is 0. The number of benzene rings is 3. The molecule has 0 bridgehead atoms. The van der Waals surface area contributed by atoms with Crippen LogP contribution in [0.15, 0.2) is 69.9 Å². The van der Waals surface area contributed by atoms with Crippen molar-refractivity contribution in [2.24, 2.45) is 0 Å². The standard InChI is InChI=1S/C29H28N2O3/c1-3-5-8-19-15-28(32)34-29-21(19)12-14-27-24(29)17-30(18-33-27)20-11-13-26-23(16-20)22-9-6-7-10-25(22)31(26)4-2/h6-7,9-16H,3-5,8,17-18H2,1-2H3. The molecule has 5 heteroatoms. The largest absolute Gasteiger partial charge is 0.473 e. The van der Waals surface area contributed by atoms with Crippen LogP contribution < -0.4 is 15.3 Å². The van der Waals surface area contributed by atoms with Crippen molar-refractivity contribution >= 4 is 38.5 Å². The van der Waals surface area contributed by atoms with Gasteiger partial charge in [-0.3, -0.25) is 0 Å². The van der Waals surface area contributed by atoms with Crippen LogP contribution in [0.3, 0.4) is 0 Å². The van der Waals surface area contributed by atoms with E-state index in [0.29, 0.717) is 18.9 Å². The number of hydrogen-bond acceptors (Lipinski definition) is 4. The van der Waals surface area contributed by atoms with Crippen molar-refractivity contribution in [1.82, 2.24) is 4.57 Å². The molecular weight excluding hydrogens is 424 g/mol. The smallest absolute Gasteiger partial charge is 0.336 e. The number of ether oxygens (including phenoxy) is 1. The molecule has 0 fully saturated rings. The first kappa shape index (κ1) is 20.8. The van der Waals surface area contributed by atoms with Gasteiger partial charge >= 0.3 is 5.63 Å². The summed E-state index contributed by atoms with van der Waals surface area (Å²) in [5, 5.41) is 3.52. The molecule has 0 N–H and O–H groups in total. The van der Waals surface area contributed by atoms with Crippen molar-refractivity contribution in [2.45, 2.75) is 46.2 Å². The third-order valence-corrected chi connectivity index (χ3v) is 7.02. The van der Waals surface area contributed by atoms with Gasteiger partial charge in [0.25, 0.3) is 0 Å². The Hall–Kier alpha value is -3.73. The molecule has 0 unspecified atom stereocenters. The highest BCUT2D eigenvalue weighted by atomic mass is 16.5. The van der Waals surface area contributed by atoms with Gasteiger partial charge in [0.1, 0.15) is 11.3 Å². The summed E-state index contributed by atoms with van der Waals surface area (Å²) in [6.07, 6.45) is 3.00. The number of para-hydroxylation sites is 1. The molecule has 0 radical (unpaired) electrons. The van der Waals surface area contributed by atoms with E-state index in [1.54, 1.807) is 6.07 Å². The Balaban J connectivity index is 1.44. The summed E-state index contributed by atoms with van der Waals surface area (Å²) in [5.41, 5.74) is 5.95. The van der Waals surface area contributed by atoms with Crippen LogP contribution in [-0.2, 0) is 19.5 Å². The van der Waals surface area contributed by atoms with E-state index in [9.17, 15) is 4.79 Å². The van der Waals surface area contributed by atoms with Gasteiger partial charge in [-0.1, -0.05) is 31.5 Å². The molecule has 0 aliphatic carbocycles. The molecule has 172 valence electrons. The van der Waals surface area contributed by atoms with Crippen molar-refractivity contribution in [3.8, 4) is 5.75 Å². The van der Waals surface area contributed by atoms with Crippen molar-refractivity contribution in [1.29, 1.82) is 0 Å². The zero-order valence-corrected chi connectivity index (χ0v) is 19.6. The lowest BCUT2D eigenvalue weighted by Crippen LogP contribution is -2.32. The number of anilines is 1. The van der Waals surface area contributed by atoms with E-state index in [4.69, 9.17) is 9.15 Å². The average Bonchev–Trinajstić information content (AvgIpc) is 3.19.